The molecule has 0 aliphatic heterocycles. The van der Waals surface area contributed by atoms with Gasteiger partial charge in [0.25, 0.3) is 5.56 Å². The van der Waals surface area contributed by atoms with Crippen LogP contribution in [0.4, 0.5) is 0 Å². The summed E-state index contributed by atoms with van der Waals surface area (Å²) in [5, 5.41) is 10.7. The van der Waals surface area contributed by atoms with Gasteiger partial charge in [-0.2, -0.15) is 0 Å². The lowest BCUT2D eigenvalue weighted by Crippen LogP contribution is -2.21. The zero-order valence-electron chi connectivity index (χ0n) is 13.3. The van der Waals surface area contributed by atoms with Crippen molar-refractivity contribution in [3.63, 3.8) is 0 Å². The van der Waals surface area contributed by atoms with Crippen molar-refractivity contribution in [1.82, 2.24) is 24.1 Å². The van der Waals surface area contributed by atoms with Crippen molar-refractivity contribution in [3.05, 3.63) is 58.6 Å². The summed E-state index contributed by atoms with van der Waals surface area (Å²) < 4.78 is 3.60. The van der Waals surface area contributed by atoms with E-state index in [-0.39, 0.29) is 5.56 Å². The highest BCUT2D eigenvalue weighted by molar-refractivity contribution is 7.99. The number of para-hydroxylation sites is 1. The minimum atomic E-state index is -0.113. The quantitative estimate of drug-likeness (QED) is 0.575. The fourth-order valence-electron chi connectivity index (χ4n) is 2.77. The van der Waals surface area contributed by atoms with Crippen molar-refractivity contribution >= 4 is 28.3 Å². The van der Waals surface area contributed by atoms with Crippen LogP contribution in [0.5, 0.6) is 0 Å². The van der Waals surface area contributed by atoms with Gasteiger partial charge in [-0.05, 0) is 43.3 Å². The molecule has 1 aromatic carbocycles. The molecule has 0 saturated heterocycles. The Morgan fingerprint density at radius 1 is 1.21 bits per heavy atom. The molecule has 0 bridgehead atoms. The predicted octanol–water partition coefficient (Wildman–Crippen LogP) is 2.92. The smallest absolute Gasteiger partial charge is 0.283 e. The van der Waals surface area contributed by atoms with Crippen LogP contribution in [0.25, 0.3) is 16.6 Å². The highest BCUT2D eigenvalue weighted by Crippen LogP contribution is 2.27. The molecule has 0 saturated carbocycles. The van der Waals surface area contributed by atoms with Crippen LogP contribution in [-0.4, -0.2) is 24.1 Å². The first-order valence-electron chi connectivity index (χ1n) is 7.66. The van der Waals surface area contributed by atoms with Crippen molar-refractivity contribution in [2.24, 2.45) is 0 Å². The highest BCUT2D eigenvalue weighted by Gasteiger charge is 2.15. The summed E-state index contributed by atoms with van der Waals surface area (Å²) in [5.74, 6) is 0. The summed E-state index contributed by atoms with van der Waals surface area (Å²) in [6.45, 7) is 4.60. The molecule has 3 heterocycles. The number of benzene rings is 1. The van der Waals surface area contributed by atoms with E-state index in [0.29, 0.717) is 16.7 Å². The molecule has 4 rings (SSSR count). The Kier molecular flexibility index (Phi) is 3.57. The number of fused-ring (bicyclic) bond motifs is 3. The summed E-state index contributed by atoms with van der Waals surface area (Å²) in [5.41, 5.74) is 2.82. The first kappa shape index (κ1) is 14.9. The van der Waals surface area contributed by atoms with E-state index in [2.05, 4.69) is 28.2 Å². The van der Waals surface area contributed by atoms with Crippen LogP contribution in [0.3, 0.4) is 0 Å². The molecule has 24 heavy (non-hydrogen) atoms. The minimum absolute atomic E-state index is 0.113. The monoisotopic (exact) mass is 337 g/mol. The fraction of sp³-hybridized carbons (Fsp3) is 0.176. The topological polar surface area (TPSA) is 65.1 Å². The lowest BCUT2D eigenvalue weighted by molar-refractivity contribution is 0.691. The van der Waals surface area contributed by atoms with Gasteiger partial charge < -0.3 is 4.57 Å². The van der Waals surface area contributed by atoms with Gasteiger partial charge in [0.1, 0.15) is 0 Å². The maximum absolute atomic E-state index is 12.4. The molecule has 0 atom stereocenters. The van der Waals surface area contributed by atoms with Crippen molar-refractivity contribution in [2.75, 3.05) is 0 Å². The Morgan fingerprint density at radius 3 is 2.88 bits per heavy atom. The van der Waals surface area contributed by atoms with Gasteiger partial charge in [0.15, 0.2) is 10.7 Å². The zero-order valence-corrected chi connectivity index (χ0v) is 14.1. The molecule has 0 amide bonds. The molecule has 3 aromatic heterocycles. The molecule has 0 spiro atoms. The summed E-state index contributed by atoms with van der Waals surface area (Å²) in [7, 11) is 0. The second kappa shape index (κ2) is 5.76. The third-order valence-electron chi connectivity index (χ3n) is 3.98. The van der Waals surface area contributed by atoms with E-state index >= 15 is 0 Å². The lowest BCUT2D eigenvalue weighted by atomic mass is 10.1. The van der Waals surface area contributed by atoms with E-state index in [1.165, 1.54) is 11.8 Å². The zero-order chi connectivity index (χ0) is 16.7. The molecule has 0 aliphatic rings. The average molecular weight is 337 g/mol. The molecule has 0 radical (unpaired) electrons. The molecule has 120 valence electrons. The van der Waals surface area contributed by atoms with Gasteiger partial charge in [0.05, 0.1) is 5.52 Å². The second-order valence-corrected chi connectivity index (χ2v) is 6.40. The molecular weight excluding hydrogens is 322 g/mol. The van der Waals surface area contributed by atoms with Crippen molar-refractivity contribution < 1.29 is 0 Å². The Labute approximate surface area is 142 Å². The van der Waals surface area contributed by atoms with Gasteiger partial charge >= 0.3 is 0 Å². The van der Waals surface area contributed by atoms with E-state index in [9.17, 15) is 4.79 Å². The van der Waals surface area contributed by atoms with E-state index in [4.69, 9.17) is 0 Å². The molecule has 0 unspecified atom stereocenters. The Morgan fingerprint density at radius 2 is 2.04 bits per heavy atom. The third-order valence-corrected chi connectivity index (χ3v) is 4.90. The van der Waals surface area contributed by atoms with Gasteiger partial charge in [-0.3, -0.25) is 9.20 Å². The van der Waals surface area contributed by atoms with Crippen molar-refractivity contribution in [2.45, 2.75) is 30.6 Å². The summed E-state index contributed by atoms with van der Waals surface area (Å²) in [6.07, 6.45) is 3.33. The third kappa shape index (κ3) is 2.28. The van der Waals surface area contributed by atoms with Crippen LogP contribution in [0, 0.1) is 6.92 Å². The normalized spacial score (nSPS) is 11.4. The van der Waals surface area contributed by atoms with Gasteiger partial charge in [-0.25, -0.2) is 4.98 Å². The van der Waals surface area contributed by atoms with Crippen molar-refractivity contribution in [1.29, 1.82) is 0 Å². The minimum Gasteiger partial charge on any atom is -0.312 e. The second-order valence-electron chi connectivity index (χ2n) is 5.45. The van der Waals surface area contributed by atoms with Gasteiger partial charge in [-0.15, -0.1) is 10.2 Å². The van der Waals surface area contributed by atoms with E-state index < -0.39 is 0 Å². The largest absolute Gasteiger partial charge is 0.312 e. The molecule has 0 N–H and O–H groups in total. The van der Waals surface area contributed by atoms with E-state index in [1.807, 2.05) is 35.6 Å². The maximum atomic E-state index is 12.4. The molecule has 0 aliphatic carbocycles. The Balaban J connectivity index is 1.93. The van der Waals surface area contributed by atoms with Gasteiger partial charge in [0, 0.05) is 24.3 Å². The van der Waals surface area contributed by atoms with Crippen LogP contribution in [0.2, 0.25) is 0 Å². The molecule has 4 aromatic rings. The first-order valence-corrected chi connectivity index (χ1v) is 8.47. The number of aryl methyl sites for hydroxylation is 2. The SMILES string of the molecule is CCn1ccnc(Sc2nnc3cc(C)c4ccccc4n23)c1=O. The average Bonchev–Trinajstić information content (AvgIpc) is 3.00. The van der Waals surface area contributed by atoms with Crippen molar-refractivity contribution in [3.8, 4) is 0 Å². The van der Waals surface area contributed by atoms with Crippen LogP contribution in [0.1, 0.15) is 12.5 Å². The summed E-state index contributed by atoms with van der Waals surface area (Å²) in [4.78, 5) is 16.6. The number of nitrogens with zero attached hydrogens (tertiary/aromatic N) is 5. The number of pyridine rings is 1. The van der Waals surface area contributed by atoms with Crippen LogP contribution >= 0.6 is 11.8 Å². The Bertz CT molecular complexity index is 1120. The van der Waals surface area contributed by atoms with Gasteiger partial charge in [-0.1, -0.05) is 18.2 Å². The van der Waals surface area contributed by atoms with Gasteiger partial charge in [0.2, 0.25) is 5.16 Å². The number of hydrogen-bond donors (Lipinski definition) is 0. The standard InChI is InChI=1S/C17H15N5OS/c1-3-21-9-8-18-15(16(21)23)24-17-20-19-14-10-11(2)12-6-4-5-7-13(12)22(14)17/h4-10H,3H2,1-2H3. The summed E-state index contributed by atoms with van der Waals surface area (Å²) in [6, 6.07) is 10.1. The molecule has 6 nitrogen and oxygen atoms in total. The van der Waals surface area contributed by atoms with E-state index in [1.54, 1.807) is 17.0 Å². The maximum Gasteiger partial charge on any atom is 0.283 e. The highest BCUT2D eigenvalue weighted by atomic mass is 32.2. The lowest BCUT2D eigenvalue weighted by Gasteiger charge is -2.07. The number of rotatable bonds is 3. The van der Waals surface area contributed by atoms with E-state index in [0.717, 1.165) is 22.1 Å². The number of aromatic nitrogens is 5. The fourth-order valence-corrected chi connectivity index (χ4v) is 3.63. The van der Waals surface area contributed by atoms with Crippen LogP contribution in [0.15, 0.2) is 57.7 Å². The summed E-state index contributed by atoms with van der Waals surface area (Å²) >= 11 is 1.25. The first-order chi connectivity index (χ1) is 11.7. The number of hydrogen-bond acceptors (Lipinski definition) is 5. The van der Waals surface area contributed by atoms with Crippen LogP contribution < -0.4 is 5.56 Å². The predicted molar refractivity (Wildman–Crippen MR) is 93.5 cm³/mol. The molecule has 7 heteroatoms. The Hall–Kier alpha value is -2.67. The molecular formula is C17H15N5OS. The molecule has 0 fully saturated rings. The van der Waals surface area contributed by atoms with Crippen LogP contribution in [-0.2, 0) is 6.54 Å².